The molecule has 2 aliphatic rings. The molecule has 124 valence electrons. The van der Waals surface area contributed by atoms with E-state index in [-0.39, 0.29) is 18.0 Å². The second-order valence-corrected chi connectivity index (χ2v) is 6.95. The van der Waals surface area contributed by atoms with Crippen LogP contribution in [-0.2, 0) is 4.79 Å². The second-order valence-electron chi connectivity index (χ2n) is 6.95. The fourth-order valence-corrected chi connectivity index (χ4v) is 3.70. The van der Waals surface area contributed by atoms with Gasteiger partial charge in [0.2, 0.25) is 5.91 Å². The lowest BCUT2D eigenvalue weighted by atomic mass is 9.78. The highest BCUT2D eigenvalue weighted by Gasteiger charge is 2.50. The molecule has 0 unspecified atom stereocenters. The summed E-state index contributed by atoms with van der Waals surface area (Å²) in [6.07, 6.45) is 2.59. The number of carbonyl (C=O) groups excluding carboxylic acids is 2. The number of para-hydroxylation sites is 1. The third-order valence-corrected chi connectivity index (χ3v) is 4.86. The Kier molecular flexibility index (Phi) is 4.28. The first-order valence-electron chi connectivity index (χ1n) is 8.44. The number of nitrogens with zero attached hydrogens (tertiary/aromatic N) is 2. The van der Waals surface area contributed by atoms with Crippen molar-refractivity contribution in [2.45, 2.75) is 39.2 Å². The summed E-state index contributed by atoms with van der Waals surface area (Å²) in [5, 5.41) is 2.94. The Morgan fingerprint density at radius 1 is 1.17 bits per heavy atom. The van der Waals surface area contributed by atoms with E-state index in [2.05, 4.69) is 5.32 Å². The van der Waals surface area contributed by atoms with E-state index in [1.54, 1.807) is 0 Å². The number of amides is 3. The van der Waals surface area contributed by atoms with Crippen molar-refractivity contribution < 1.29 is 9.59 Å². The molecule has 0 aliphatic carbocycles. The van der Waals surface area contributed by atoms with Gasteiger partial charge in [-0.15, -0.1) is 0 Å². The van der Waals surface area contributed by atoms with Gasteiger partial charge in [0.05, 0.1) is 5.41 Å². The van der Waals surface area contributed by atoms with Crippen LogP contribution in [0.15, 0.2) is 30.3 Å². The van der Waals surface area contributed by atoms with Crippen LogP contribution in [0.4, 0.5) is 10.5 Å². The Balaban J connectivity index is 1.75. The third kappa shape index (κ3) is 3.05. The predicted octanol–water partition coefficient (Wildman–Crippen LogP) is 2.62. The molecule has 0 bridgehead atoms. The molecule has 5 nitrogen and oxygen atoms in total. The van der Waals surface area contributed by atoms with Gasteiger partial charge in [-0.05, 0) is 45.2 Å². The molecule has 1 N–H and O–H groups in total. The average Bonchev–Trinajstić information content (AvgIpc) is 2.84. The van der Waals surface area contributed by atoms with Crippen LogP contribution >= 0.6 is 0 Å². The summed E-state index contributed by atoms with van der Waals surface area (Å²) in [5.41, 5.74) is 0.556. The van der Waals surface area contributed by atoms with Crippen molar-refractivity contribution in [3.63, 3.8) is 0 Å². The van der Waals surface area contributed by atoms with Crippen LogP contribution < -0.4 is 10.2 Å². The lowest BCUT2D eigenvalue weighted by Crippen LogP contribution is -2.53. The average molecular weight is 315 g/mol. The van der Waals surface area contributed by atoms with Crippen LogP contribution in [0, 0.1) is 5.41 Å². The van der Waals surface area contributed by atoms with Crippen molar-refractivity contribution in [3.8, 4) is 0 Å². The molecule has 1 aromatic rings. The molecule has 0 saturated carbocycles. The van der Waals surface area contributed by atoms with Crippen LogP contribution in [0.5, 0.6) is 0 Å². The molecule has 2 aliphatic heterocycles. The predicted molar refractivity (Wildman–Crippen MR) is 90.3 cm³/mol. The summed E-state index contributed by atoms with van der Waals surface area (Å²) >= 11 is 0. The van der Waals surface area contributed by atoms with Crippen molar-refractivity contribution in [2.75, 3.05) is 24.5 Å². The van der Waals surface area contributed by atoms with E-state index in [4.69, 9.17) is 0 Å². The first-order valence-corrected chi connectivity index (χ1v) is 8.44. The van der Waals surface area contributed by atoms with Crippen molar-refractivity contribution in [1.82, 2.24) is 10.2 Å². The molecule has 1 spiro atoms. The SMILES string of the molecule is CC(C)NC(=O)N1CCC[C@@]2(CCN(c3ccccc3)C2=O)C1. The van der Waals surface area contributed by atoms with E-state index in [0.29, 0.717) is 6.54 Å². The second kappa shape index (κ2) is 6.22. The Morgan fingerprint density at radius 3 is 2.61 bits per heavy atom. The van der Waals surface area contributed by atoms with E-state index in [0.717, 1.165) is 38.0 Å². The van der Waals surface area contributed by atoms with E-state index < -0.39 is 5.41 Å². The number of piperidine rings is 1. The molecule has 0 aromatic heterocycles. The summed E-state index contributed by atoms with van der Waals surface area (Å²) < 4.78 is 0. The molecule has 3 rings (SSSR count). The van der Waals surface area contributed by atoms with Gasteiger partial charge in [-0.1, -0.05) is 18.2 Å². The number of urea groups is 1. The summed E-state index contributed by atoms with van der Waals surface area (Å²) in [7, 11) is 0. The maximum atomic E-state index is 13.0. The van der Waals surface area contributed by atoms with Gasteiger partial charge in [-0.2, -0.15) is 0 Å². The van der Waals surface area contributed by atoms with E-state index in [1.165, 1.54) is 0 Å². The summed E-state index contributed by atoms with van der Waals surface area (Å²) in [6, 6.07) is 9.88. The van der Waals surface area contributed by atoms with Crippen molar-refractivity contribution >= 4 is 17.6 Å². The minimum absolute atomic E-state index is 0.0509. The molecule has 2 saturated heterocycles. The van der Waals surface area contributed by atoms with Crippen molar-refractivity contribution in [1.29, 1.82) is 0 Å². The fraction of sp³-hybridized carbons (Fsp3) is 0.556. The number of rotatable bonds is 2. The molecule has 1 aromatic carbocycles. The number of benzene rings is 1. The molecule has 23 heavy (non-hydrogen) atoms. The normalized spacial score (nSPS) is 24.6. The highest BCUT2D eigenvalue weighted by molar-refractivity contribution is 6.00. The first kappa shape index (κ1) is 15.8. The Hall–Kier alpha value is -2.04. The molecule has 3 amide bonds. The minimum Gasteiger partial charge on any atom is -0.336 e. The van der Waals surface area contributed by atoms with Gasteiger partial charge in [0, 0.05) is 31.4 Å². The van der Waals surface area contributed by atoms with Crippen LogP contribution in [0.3, 0.4) is 0 Å². The molecule has 2 fully saturated rings. The van der Waals surface area contributed by atoms with Gasteiger partial charge in [0.1, 0.15) is 0 Å². The Labute approximate surface area is 137 Å². The zero-order valence-corrected chi connectivity index (χ0v) is 13.9. The fourth-order valence-electron chi connectivity index (χ4n) is 3.70. The maximum absolute atomic E-state index is 13.0. The number of hydrogen-bond acceptors (Lipinski definition) is 2. The molecular weight excluding hydrogens is 290 g/mol. The zero-order valence-electron chi connectivity index (χ0n) is 13.9. The molecular formula is C18H25N3O2. The quantitative estimate of drug-likeness (QED) is 0.912. The largest absolute Gasteiger partial charge is 0.336 e. The number of anilines is 1. The Bertz CT molecular complexity index is 587. The molecule has 0 radical (unpaired) electrons. The van der Waals surface area contributed by atoms with Crippen LogP contribution in [0.25, 0.3) is 0 Å². The topological polar surface area (TPSA) is 52.7 Å². The van der Waals surface area contributed by atoms with Crippen LogP contribution in [0.2, 0.25) is 0 Å². The summed E-state index contributed by atoms with van der Waals surface area (Å²) in [4.78, 5) is 29.0. The van der Waals surface area contributed by atoms with Gasteiger partial charge >= 0.3 is 6.03 Å². The number of likely N-dealkylation sites (tertiary alicyclic amines) is 1. The summed E-state index contributed by atoms with van der Waals surface area (Å²) in [5.74, 6) is 0.172. The number of hydrogen-bond donors (Lipinski definition) is 1. The lowest BCUT2D eigenvalue weighted by Gasteiger charge is -2.39. The highest BCUT2D eigenvalue weighted by atomic mass is 16.2. The lowest BCUT2D eigenvalue weighted by molar-refractivity contribution is -0.127. The minimum atomic E-state index is -0.400. The Morgan fingerprint density at radius 2 is 1.91 bits per heavy atom. The molecule has 5 heteroatoms. The molecule has 1 atom stereocenters. The smallest absolute Gasteiger partial charge is 0.317 e. The van der Waals surface area contributed by atoms with Gasteiger partial charge in [0.25, 0.3) is 0 Å². The van der Waals surface area contributed by atoms with E-state index >= 15 is 0 Å². The number of carbonyl (C=O) groups is 2. The van der Waals surface area contributed by atoms with Crippen molar-refractivity contribution in [2.24, 2.45) is 5.41 Å². The number of nitrogens with one attached hydrogen (secondary N) is 1. The summed E-state index contributed by atoms with van der Waals surface area (Å²) in [6.45, 7) is 5.92. The monoisotopic (exact) mass is 315 g/mol. The van der Waals surface area contributed by atoms with Gasteiger partial charge in [-0.25, -0.2) is 4.79 Å². The zero-order chi connectivity index (χ0) is 16.4. The van der Waals surface area contributed by atoms with Gasteiger partial charge in [-0.3, -0.25) is 4.79 Å². The van der Waals surface area contributed by atoms with Crippen molar-refractivity contribution in [3.05, 3.63) is 30.3 Å². The maximum Gasteiger partial charge on any atom is 0.317 e. The van der Waals surface area contributed by atoms with Crippen LogP contribution in [0.1, 0.15) is 33.1 Å². The molecule has 2 heterocycles. The van der Waals surface area contributed by atoms with E-state index in [9.17, 15) is 9.59 Å². The van der Waals surface area contributed by atoms with Gasteiger partial charge in [0.15, 0.2) is 0 Å². The highest BCUT2D eigenvalue weighted by Crippen LogP contribution is 2.41. The van der Waals surface area contributed by atoms with Gasteiger partial charge < -0.3 is 15.1 Å². The van der Waals surface area contributed by atoms with Crippen LogP contribution in [-0.4, -0.2) is 42.5 Å². The third-order valence-electron chi connectivity index (χ3n) is 4.86. The first-order chi connectivity index (χ1) is 11.0. The van der Waals surface area contributed by atoms with E-state index in [1.807, 2.05) is 54.0 Å². The standard InChI is InChI=1S/C18H25N3O2/c1-14(2)19-17(23)20-11-6-9-18(13-20)10-12-21(16(18)22)15-7-4-3-5-8-15/h3-5,7-8,14H,6,9-13H2,1-2H3,(H,19,23)/t18-/m1/s1.